The molecule has 0 bridgehead atoms. The quantitative estimate of drug-likeness (QED) is 0.481. The van der Waals surface area contributed by atoms with E-state index < -0.39 is 4.92 Å². The predicted molar refractivity (Wildman–Crippen MR) is 73.2 cm³/mol. The van der Waals surface area contributed by atoms with Crippen LogP contribution in [0.25, 0.3) is 0 Å². The van der Waals surface area contributed by atoms with Crippen molar-refractivity contribution in [3.8, 4) is 11.5 Å². The molecule has 7 heteroatoms. The summed E-state index contributed by atoms with van der Waals surface area (Å²) in [7, 11) is 1.38. The van der Waals surface area contributed by atoms with Crippen molar-refractivity contribution >= 4 is 17.3 Å². The van der Waals surface area contributed by atoms with Crippen LogP contribution in [0.1, 0.15) is 5.56 Å². The highest BCUT2D eigenvalue weighted by Crippen LogP contribution is 2.31. The molecule has 6 nitrogen and oxygen atoms in total. The zero-order chi connectivity index (χ0) is 14.5. The van der Waals surface area contributed by atoms with E-state index in [0.29, 0.717) is 10.9 Å². The van der Waals surface area contributed by atoms with Crippen molar-refractivity contribution in [2.24, 2.45) is 0 Å². The molecule has 0 aliphatic rings. The van der Waals surface area contributed by atoms with Gasteiger partial charge in [0.1, 0.15) is 17.5 Å². The maximum atomic E-state index is 10.9. The normalized spacial score (nSPS) is 10.1. The third-order valence-corrected chi connectivity index (χ3v) is 2.75. The molecular formula is C13H11ClN2O4. The highest BCUT2D eigenvalue weighted by molar-refractivity contribution is 6.29. The van der Waals surface area contributed by atoms with Gasteiger partial charge in [-0.1, -0.05) is 11.6 Å². The van der Waals surface area contributed by atoms with Crippen LogP contribution in [-0.4, -0.2) is 17.0 Å². The summed E-state index contributed by atoms with van der Waals surface area (Å²) >= 11 is 5.76. The van der Waals surface area contributed by atoms with Crippen LogP contribution in [0.5, 0.6) is 11.5 Å². The van der Waals surface area contributed by atoms with Crippen LogP contribution in [0.3, 0.4) is 0 Å². The Hall–Kier alpha value is -2.34. The molecule has 2 rings (SSSR count). The molecule has 1 aromatic carbocycles. The predicted octanol–water partition coefficient (Wildman–Crippen LogP) is 3.23. The first-order valence-corrected chi connectivity index (χ1v) is 6.03. The lowest BCUT2D eigenvalue weighted by Gasteiger charge is -2.08. The highest BCUT2D eigenvalue weighted by atomic mass is 35.5. The topological polar surface area (TPSA) is 74.5 Å². The van der Waals surface area contributed by atoms with E-state index in [1.54, 1.807) is 24.4 Å². The molecule has 0 atom stereocenters. The van der Waals surface area contributed by atoms with E-state index in [1.165, 1.54) is 19.2 Å². The molecule has 0 spiro atoms. The number of nitro groups is 1. The average Bonchev–Trinajstić information content (AvgIpc) is 2.45. The Labute approximate surface area is 120 Å². The summed E-state index contributed by atoms with van der Waals surface area (Å²) in [6.07, 6.45) is 1.57. The third kappa shape index (κ3) is 3.36. The van der Waals surface area contributed by atoms with Crippen LogP contribution < -0.4 is 9.47 Å². The van der Waals surface area contributed by atoms with Crippen LogP contribution in [0.15, 0.2) is 36.5 Å². The molecule has 0 aliphatic carbocycles. The molecule has 2 aromatic rings. The van der Waals surface area contributed by atoms with Gasteiger partial charge in [-0.25, -0.2) is 4.98 Å². The molecule has 0 saturated carbocycles. The smallest absolute Gasteiger partial charge is 0.314 e. The number of hydrogen-bond acceptors (Lipinski definition) is 5. The van der Waals surface area contributed by atoms with Crippen molar-refractivity contribution in [2.45, 2.75) is 6.61 Å². The molecule has 0 fully saturated rings. The van der Waals surface area contributed by atoms with Crippen LogP contribution in [-0.2, 0) is 6.61 Å². The van der Waals surface area contributed by atoms with Gasteiger partial charge in [0.25, 0.3) is 0 Å². The number of rotatable bonds is 5. The first-order valence-electron chi connectivity index (χ1n) is 5.66. The van der Waals surface area contributed by atoms with Crippen LogP contribution >= 0.6 is 11.6 Å². The van der Waals surface area contributed by atoms with E-state index in [-0.39, 0.29) is 18.0 Å². The lowest BCUT2D eigenvalue weighted by atomic mass is 10.2. The Morgan fingerprint density at radius 3 is 2.80 bits per heavy atom. The van der Waals surface area contributed by atoms with Gasteiger partial charge in [0, 0.05) is 6.20 Å². The van der Waals surface area contributed by atoms with E-state index >= 15 is 0 Å². The molecule has 1 heterocycles. The molecule has 0 amide bonds. The molecule has 20 heavy (non-hydrogen) atoms. The molecule has 0 radical (unpaired) electrons. The third-order valence-electron chi connectivity index (χ3n) is 2.54. The Morgan fingerprint density at radius 1 is 1.35 bits per heavy atom. The van der Waals surface area contributed by atoms with E-state index in [0.717, 1.165) is 5.56 Å². The average molecular weight is 295 g/mol. The van der Waals surface area contributed by atoms with Crippen LogP contribution in [0, 0.1) is 10.1 Å². The van der Waals surface area contributed by atoms with E-state index in [2.05, 4.69) is 4.98 Å². The van der Waals surface area contributed by atoms with Gasteiger partial charge < -0.3 is 9.47 Å². The highest BCUT2D eigenvalue weighted by Gasteiger charge is 2.15. The van der Waals surface area contributed by atoms with Crippen molar-refractivity contribution in [3.05, 3.63) is 57.4 Å². The van der Waals surface area contributed by atoms with Crippen LogP contribution in [0.4, 0.5) is 5.69 Å². The summed E-state index contributed by atoms with van der Waals surface area (Å²) in [5.41, 5.74) is 0.682. The Morgan fingerprint density at radius 2 is 2.15 bits per heavy atom. The SMILES string of the molecule is COc1ccc(OCc2ccnc(Cl)c2)cc1[N+](=O)[O-]. The van der Waals surface area contributed by atoms with Crippen molar-refractivity contribution in [2.75, 3.05) is 7.11 Å². The van der Waals surface area contributed by atoms with Gasteiger partial charge in [-0.2, -0.15) is 0 Å². The van der Waals surface area contributed by atoms with Gasteiger partial charge in [-0.15, -0.1) is 0 Å². The molecule has 0 saturated heterocycles. The fourth-order valence-corrected chi connectivity index (χ4v) is 1.80. The second kappa shape index (κ2) is 6.21. The Balaban J connectivity index is 2.14. The summed E-state index contributed by atoms with van der Waals surface area (Å²) in [6, 6.07) is 7.84. The van der Waals surface area contributed by atoms with Crippen LogP contribution in [0.2, 0.25) is 5.15 Å². The molecule has 0 N–H and O–H groups in total. The number of pyridine rings is 1. The summed E-state index contributed by atoms with van der Waals surface area (Å²) in [5.74, 6) is 0.569. The fraction of sp³-hybridized carbons (Fsp3) is 0.154. The molecular weight excluding hydrogens is 284 g/mol. The van der Waals surface area contributed by atoms with Gasteiger partial charge in [0.2, 0.25) is 0 Å². The van der Waals surface area contributed by atoms with Gasteiger partial charge >= 0.3 is 5.69 Å². The maximum Gasteiger partial charge on any atom is 0.314 e. The first-order chi connectivity index (χ1) is 9.60. The van der Waals surface area contributed by atoms with E-state index in [9.17, 15) is 10.1 Å². The minimum absolute atomic E-state index is 0.141. The minimum atomic E-state index is -0.519. The first kappa shape index (κ1) is 14.1. The molecule has 0 unspecified atom stereocenters. The van der Waals surface area contributed by atoms with E-state index in [1.807, 2.05) is 0 Å². The van der Waals surface area contributed by atoms with E-state index in [4.69, 9.17) is 21.1 Å². The standard InChI is InChI=1S/C13H11ClN2O4/c1-19-12-3-2-10(7-11(12)16(17)18)20-8-9-4-5-15-13(14)6-9/h2-7H,8H2,1H3. The summed E-state index contributed by atoms with van der Waals surface area (Å²) < 4.78 is 10.4. The zero-order valence-electron chi connectivity index (χ0n) is 10.6. The van der Waals surface area contributed by atoms with Gasteiger partial charge in [0.15, 0.2) is 5.75 Å². The molecule has 104 valence electrons. The number of aromatic nitrogens is 1. The number of ether oxygens (including phenoxy) is 2. The number of methoxy groups -OCH3 is 1. The number of benzene rings is 1. The number of nitrogens with zero attached hydrogens (tertiary/aromatic N) is 2. The lowest BCUT2D eigenvalue weighted by Crippen LogP contribution is -1.98. The Kier molecular flexibility index (Phi) is 4.37. The Bertz CT molecular complexity index is 634. The van der Waals surface area contributed by atoms with Crippen molar-refractivity contribution in [1.29, 1.82) is 0 Å². The molecule has 1 aromatic heterocycles. The maximum absolute atomic E-state index is 10.9. The minimum Gasteiger partial charge on any atom is -0.490 e. The fourth-order valence-electron chi connectivity index (χ4n) is 1.60. The van der Waals surface area contributed by atoms with Gasteiger partial charge in [-0.3, -0.25) is 10.1 Å². The van der Waals surface area contributed by atoms with Gasteiger partial charge in [0.05, 0.1) is 18.1 Å². The lowest BCUT2D eigenvalue weighted by molar-refractivity contribution is -0.385. The second-order valence-electron chi connectivity index (χ2n) is 3.87. The van der Waals surface area contributed by atoms with Crippen molar-refractivity contribution in [3.63, 3.8) is 0 Å². The monoisotopic (exact) mass is 294 g/mol. The zero-order valence-corrected chi connectivity index (χ0v) is 11.3. The summed E-state index contributed by atoms with van der Waals surface area (Å²) in [5, 5.41) is 11.3. The van der Waals surface area contributed by atoms with Crippen molar-refractivity contribution in [1.82, 2.24) is 4.98 Å². The summed E-state index contributed by atoms with van der Waals surface area (Å²) in [4.78, 5) is 14.2. The number of hydrogen-bond donors (Lipinski definition) is 0. The largest absolute Gasteiger partial charge is 0.490 e. The number of nitro benzene ring substituents is 1. The molecule has 0 aliphatic heterocycles. The summed E-state index contributed by atoms with van der Waals surface area (Å²) in [6.45, 7) is 0.242. The number of halogens is 1. The van der Waals surface area contributed by atoms with Crippen molar-refractivity contribution < 1.29 is 14.4 Å². The second-order valence-corrected chi connectivity index (χ2v) is 4.25. The van der Waals surface area contributed by atoms with Gasteiger partial charge in [-0.05, 0) is 29.8 Å².